The Balaban J connectivity index is 1.71. The van der Waals surface area contributed by atoms with E-state index in [0.717, 1.165) is 16.3 Å². The topological polar surface area (TPSA) is 89.5 Å². The highest BCUT2D eigenvalue weighted by Crippen LogP contribution is 2.30. The van der Waals surface area contributed by atoms with E-state index >= 15 is 0 Å². The zero-order chi connectivity index (χ0) is 21.5. The van der Waals surface area contributed by atoms with Crippen LogP contribution in [0.25, 0.3) is 28.2 Å². The third-order valence-corrected chi connectivity index (χ3v) is 4.21. The molecule has 0 fully saturated rings. The predicted octanol–water partition coefficient (Wildman–Crippen LogP) is 4.67. The molecule has 0 spiro atoms. The van der Waals surface area contributed by atoms with Gasteiger partial charge in [-0.15, -0.1) is 0 Å². The molecule has 0 aliphatic heterocycles. The second-order valence-electron chi connectivity index (χ2n) is 6.45. The number of carbonyl (C=O) groups excluding carboxylic acids is 2. The molecule has 0 unspecified atom stereocenters. The Labute approximate surface area is 173 Å². The smallest absolute Gasteiger partial charge is 0.349 e. The van der Waals surface area contributed by atoms with Gasteiger partial charge >= 0.3 is 11.9 Å². The van der Waals surface area contributed by atoms with Gasteiger partial charge in [0, 0.05) is 17.2 Å². The number of furan rings is 1. The Morgan fingerprint density at radius 3 is 2.47 bits per heavy atom. The van der Waals surface area contributed by atoms with E-state index in [1.54, 1.807) is 18.2 Å². The summed E-state index contributed by atoms with van der Waals surface area (Å²) in [4.78, 5) is 23.4. The number of nitrogens with zero attached hydrogens (tertiary/aromatic N) is 1. The number of ether oxygens (including phenoxy) is 2. The first-order valence-corrected chi connectivity index (χ1v) is 9.19. The van der Waals surface area contributed by atoms with Crippen molar-refractivity contribution in [3.8, 4) is 17.4 Å². The van der Waals surface area contributed by atoms with E-state index < -0.39 is 11.9 Å². The van der Waals surface area contributed by atoms with Gasteiger partial charge in [-0.2, -0.15) is 5.26 Å². The second kappa shape index (κ2) is 9.39. The first-order valence-electron chi connectivity index (χ1n) is 9.19. The van der Waals surface area contributed by atoms with Crippen molar-refractivity contribution in [2.75, 3.05) is 13.2 Å². The largest absolute Gasteiger partial charge is 0.459 e. The minimum atomic E-state index is -0.827. The third-order valence-electron chi connectivity index (χ3n) is 4.21. The molecule has 0 bridgehead atoms. The minimum Gasteiger partial charge on any atom is -0.459 e. The van der Waals surface area contributed by atoms with E-state index in [1.165, 1.54) is 13.0 Å². The lowest BCUT2D eigenvalue weighted by atomic mass is 10.0. The molecule has 0 aliphatic carbocycles. The van der Waals surface area contributed by atoms with Crippen LogP contribution in [0, 0.1) is 11.3 Å². The van der Waals surface area contributed by atoms with Gasteiger partial charge in [-0.25, -0.2) is 9.59 Å². The number of esters is 2. The summed E-state index contributed by atoms with van der Waals surface area (Å²) in [6.45, 7) is 4.67. The molecule has 0 saturated carbocycles. The van der Waals surface area contributed by atoms with Gasteiger partial charge in [0.1, 0.15) is 36.4 Å². The standard InChI is InChI=1S/C24H19NO5/c1-16(2)23(26)28-12-13-29-24(27)18(15-25)14-19-10-11-22(30-19)21-9-5-7-17-6-3-4-8-20(17)21/h3-11,14H,1,12-13H2,2H3/b18-14+. The second-order valence-corrected chi connectivity index (χ2v) is 6.45. The zero-order valence-electron chi connectivity index (χ0n) is 16.4. The molecule has 6 nitrogen and oxygen atoms in total. The molecular formula is C24H19NO5. The van der Waals surface area contributed by atoms with Gasteiger partial charge < -0.3 is 13.9 Å². The lowest BCUT2D eigenvalue weighted by molar-refractivity contribution is -0.147. The monoisotopic (exact) mass is 401 g/mol. The maximum absolute atomic E-state index is 12.1. The van der Waals surface area contributed by atoms with Crippen LogP contribution in [-0.4, -0.2) is 25.2 Å². The number of hydrogen-bond donors (Lipinski definition) is 0. The SMILES string of the molecule is C=C(C)C(=O)OCCOC(=O)/C(C#N)=C/c1ccc(-c2cccc3ccccc23)o1. The Morgan fingerprint density at radius 1 is 1.03 bits per heavy atom. The normalized spacial score (nSPS) is 11.0. The average molecular weight is 401 g/mol. The Kier molecular flexibility index (Phi) is 6.46. The molecule has 0 radical (unpaired) electrons. The van der Waals surface area contributed by atoms with Gasteiger partial charge in [0.25, 0.3) is 0 Å². The molecule has 6 heteroatoms. The number of rotatable bonds is 7. The van der Waals surface area contributed by atoms with Gasteiger partial charge in [-0.1, -0.05) is 49.0 Å². The van der Waals surface area contributed by atoms with E-state index in [0.29, 0.717) is 11.5 Å². The summed E-state index contributed by atoms with van der Waals surface area (Å²) in [5, 5.41) is 11.4. The number of benzene rings is 2. The van der Waals surface area contributed by atoms with Gasteiger partial charge in [-0.3, -0.25) is 0 Å². The highest BCUT2D eigenvalue weighted by Gasteiger charge is 2.14. The molecule has 2 aromatic carbocycles. The van der Waals surface area contributed by atoms with E-state index in [-0.39, 0.29) is 24.4 Å². The van der Waals surface area contributed by atoms with E-state index in [1.807, 2.05) is 42.5 Å². The summed E-state index contributed by atoms with van der Waals surface area (Å²) in [5.41, 5.74) is 0.937. The fourth-order valence-electron chi connectivity index (χ4n) is 2.76. The quantitative estimate of drug-likeness (QED) is 0.247. The zero-order valence-corrected chi connectivity index (χ0v) is 16.4. The van der Waals surface area contributed by atoms with Crippen LogP contribution in [-0.2, 0) is 19.1 Å². The summed E-state index contributed by atoms with van der Waals surface area (Å²) in [5.74, 6) is -0.429. The maximum Gasteiger partial charge on any atom is 0.349 e. The van der Waals surface area contributed by atoms with Crippen molar-refractivity contribution in [2.45, 2.75) is 6.92 Å². The summed E-state index contributed by atoms with van der Waals surface area (Å²) in [6, 6.07) is 19.1. The molecular weight excluding hydrogens is 382 g/mol. The molecule has 1 aromatic heterocycles. The number of fused-ring (bicyclic) bond motifs is 1. The minimum absolute atomic E-state index is 0.123. The van der Waals surface area contributed by atoms with E-state index in [2.05, 4.69) is 6.58 Å². The number of carbonyl (C=O) groups is 2. The summed E-state index contributed by atoms with van der Waals surface area (Å²) in [6.07, 6.45) is 1.32. The van der Waals surface area contributed by atoms with Gasteiger partial charge in [0.2, 0.25) is 0 Å². The van der Waals surface area contributed by atoms with Crippen molar-refractivity contribution in [1.82, 2.24) is 0 Å². The average Bonchev–Trinajstić information content (AvgIpc) is 3.22. The van der Waals surface area contributed by atoms with Crippen LogP contribution >= 0.6 is 0 Å². The van der Waals surface area contributed by atoms with Gasteiger partial charge in [0.05, 0.1) is 0 Å². The molecule has 3 aromatic rings. The van der Waals surface area contributed by atoms with Crippen molar-refractivity contribution < 1.29 is 23.5 Å². The Hall–Kier alpha value is -4.11. The fraction of sp³-hybridized carbons (Fsp3) is 0.125. The van der Waals surface area contributed by atoms with Gasteiger partial charge in [0.15, 0.2) is 0 Å². The maximum atomic E-state index is 12.1. The van der Waals surface area contributed by atoms with Crippen LogP contribution in [0.2, 0.25) is 0 Å². The molecule has 0 saturated heterocycles. The Morgan fingerprint density at radius 2 is 1.73 bits per heavy atom. The molecule has 30 heavy (non-hydrogen) atoms. The summed E-state index contributed by atoms with van der Waals surface area (Å²) in [7, 11) is 0. The van der Waals surface area contributed by atoms with Crippen molar-refractivity contribution in [1.29, 1.82) is 5.26 Å². The predicted molar refractivity (Wildman–Crippen MR) is 112 cm³/mol. The fourth-order valence-corrected chi connectivity index (χ4v) is 2.76. The third kappa shape index (κ3) is 4.83. The van der Waals surface area contributed by atoms with Crippen molar-refractivity contribution >= 4 is 28.8 Å². The molecule has 1 heterocycles. The van der Waals surface area contributed by atoms with Crippen molar-refractivity contribution in [3.05, 3.63) is 78.1 Å². The van der Waals surface area contributed by atoms with Crippen LogP contribution in [0.4, 0.5) is 0 Å². The molecule has 0 atom stereocenters. The van der Waals surface area contributed by atoms with E-state index in [9.17, 15) is 14.9 Å². The highest BCUT2D eigenvalue weighted by molar-refractivity contribution is 5.98. The molecule has 150 valence electrons. The first-order chi connectivity index (χ1) is 14.5. The number of nitriles is 1. The highest BCUT2D eigenvalue weighted by atomic mass is 16.6. The molecule has 3 rings (SSSR count). The van der Waals surface area contributed by atoms with Crippen LogP contribution in [0.15, 0.2) is 76.7 Å². The molecule has 0 N–H and O–H groups in total. The summed E-state index contributed by atoms with van der Waals surface area (Å²) < 4.78 is 15.6. The molecule has 0 aliphatic rings. The van der Waals surface area contributed by atoms with Crippen LogP contribution in [0.3, 0.4) is 0 Å². The van der Waals surface area contributed by atoms with Crippen LogP contribution in [0.5, 0.6) is 0 Å². The van der Waals surface area contributed by atoms with Crippen LogP contribution in [0.1, 0.15) is 12.7 Å². The first kappa shape index (κ1) is 20.6. The lowest BCUT2D eigenvalue weighted by Crippen LogP contribution is -2.15. The molecule has 0 amide bonds. The Bertz CT molecular complexity index is 1170. The van der Waals surface area contributed by atoms with Crippen LogP contribution < -0.4 is 0 Å². The van der Waals surface area contributed by atoms with Gasteiger partial charge in [-0.05, 0) is 29.8 Å². The van der Waals surface area contributed by atoms with Crippen molar-refractivity contribution in [2.24, 2.45) is 0 Å². The lowest BCUT2D eigenvalue weighted by Gasteiger charge is -2.05. The van der Waals surface area contributed by atoms with Crippen molar-refractivity contribution in [3.63, 3.8) is 0 Å². The van der Waals surface area contributed by atoms with E-state index in [4.69, 9.17) is 13.9 Å². The number of hydrogen-bond acceptors (Lipinski definition) is 6. The summed E-state index contributed by atoms with van der Waals surface area (Å²) >= 11 is 0.